The predicted molar refractivity (Wildman–Crippen MR) is 76.5 cm³/mol. The van der Waals surface area contributed by atoms with Crippen molar-refractivity contribution < 1.29 is 14.7 Å². The predicted octanol–water partition coefficient (Wildman–Crippen LogP) is 0.882. The molecule has 0 spiro atoms. The quantitative estimate of drug-likeness (QED) is 0.629. The average Bonchev–Trinajstić information content (AvgIpc) is 2.67. The number of imide groups is 1. The number of likely N-dealkylation sites (N-methyl/N-ethyl adjacent to an activating group) is 1. The van der Waals surface area contributed by atoms with Gasteiger partial charge in [0.2, 0.25) is 5.28 Å². The van der Waals surface area contributed by atoms with Crippen LogP contribution in [0.1, 0.15) is 5.69 Å². The van der Waals surface area contributed by atoms with Gasteiger partial charge in [0.1, 0.15) is 5.82 Å². The number of nitrogens with zero attached hydrogens (tertiary/aromatic N) is 3. The summed E-state index contributed by atoms with van der Waals surface area (Å²) in [7, 11) is 1.74. The molecule has 0 atom stereocenters. The molecule has 1 fully saturated rings. The fraction of sp³-hybridized carbons (Fsp3) is 0.273. The van der Waals surface area contributed by atoms with E-state index in [-0.39, 0.29) is 16.8 Å². The first kappa shape index (κ1) is 14.8. The van der Waals surface area contributed by atoms with Gasteiger partial charge in [0.15, 0.2) is 0 Å². The van der Waals surface area contributed by atoms with E-state index in [1.807, 2.05) is 0 Å². The van der Waals surface area contributed by atoms with E-state index in [4.69, 9.17) is 16.7 Å². The lowest BCUT2D eigenvalue weighted by Gasteiger charge is -2.16. The summed E-state index contributed by atoms with van der Waals surface area (Å²) in [4.78, 5) is 32.5. The lowest BCUT2D eigenvalue weighted by atomic mass is 10.3. The summed E-state index contributed by atoms with van der Waals surface area (Å²) in [5.41, 5.74) is 0.414. The van der Waals surface area contributed by atoms with Crippen molar-refractivity contribution >= 4 is 46.4 Å². The van der Waals surface area contributed by atoms with E-state index < -0.39 is 11.1 Å². The van der Waals surface area contributed by atoms with E-state index in [0.29, 0.717) is 18.1 Å². The molecule has 1 aromatic rings. The number of nitrogens with one attached hydrogen (secondary N) is 1. The van der Waals surface area contributed by atoms with E-state index in [1.165, 1.54) is 6.08 Å². The summed E-state index contributed by atoms with van der Waals surface area (Å²) in [6, 6.07) is 1.62. The smallest absolute Gasteiger partial charge is 0.290 e. The fourth-order valence-corrected chi connectivity index (χ4v) is 2.36. The largest absolute Gasteiger partial charge is 0.395 e. The Balaban J connectivity index is 2.31. The number of rotatable bonds is 4. The third-order valence-electron chi connectivity index (χ3n) is 2.45. The molecule has 0 aromatic carbocycles. The zero-order chi connectivity index (χ0) is 14.7. The summed E-state index contributed by atoms with van der Waals surface area (Å²) in [5, 5.41) is 10.7. The molecule has 20 heavy (non-hydrogen) atoms. The van der Waals surface area contributed by atoms with E-state index in [0.717, 1.165) is 11.8 Å². The summed E-state index contributed by atoms with van der Waals surface area (Å²) in [6.07, 6.45) is 1.47. The van der Waals surface area contributed by atoms with Gasteiger partial charge in [-0.1, -0.05) is 0 Å². The van der Waals surface area contributed by atoms with Gasteiger partial charge < -0.3 is 10.0 Å². The van der Waals surface area contributed by atoms with Gasteiger partial charge in [0, 0.05) is 19.7 Å². The van der Waals surface area contributed by atoms with Crippen LogP contribution in [-0.4, -0.2) is 46.4 Å². The molecule has 1 aliphatic heterocycles. The van der Waals surface area contributed by atoms with Gasteiger partial charge in [0.05, 0.1) is 17.2 Å². The van der Waals surface area contributed by atoms with Crippen molar-refractivity contribution in [3.63, 3.8) is 0 Å². The molecule has 2 heterocycles. The highest BCUT2D eigenvalue weighted by atomic mass is 35.5. The first-order chi connectivity index (χ1) is 9.49. The Morgan fingerprint density at radius 1 is 1.50 bits per heavy atom. The molecule has 2 rings (SSSR count). The highest BCUT2D eigenvalue weighted by molar-refractivity contribution is 8.18. The van der Waals surface area contributed by atoms with Gasteiger partial charge in [-0.25, -0.2) is 9.97 Å². The zero-order valence-electron chi connectivity index (χ0n) is 10.5. The minimum Gasteiger partial charge on any atom is -0.395 e. The Labute approximate surface area is 124 Å². The molecular formula is C11H11ClN4O3S. The molecule has 0 radical (unpaired) electrons. The van der Waals surface area contributed by atoms with E-state index >= 15 is 0 Å². The number of amides is 2. The van der Waals surface area contributed by atoms with Crippen LogP contribution < -0.4 is 10.2 Å². The normalized spacial score (nSPS) is 16.6. The van der Waals surface area contributed by atoms with Crippen LogP contribution in [0.2, 0.25) is 5.28 Å². The van der Waals surface area contributed by atoms with Crippen LogP contribution in [0.25, 0.3) is 6.08 Å². The Morgan fingerprint density at radius 3 is 2.85 bits per heavy atom. The maximum absolute atomic E-state index is 11.5. The van der Waals surface area contributed by atoms with Gasteiger partial charge in [-0.05, 0) is 29.4 Å². The third-order valence-corrected chi connectivity index (χ3v) is 3.43. The molecular weight excluding hydrogens is 304 g/mol. The molecule has 0 saturated carbocycles. The van der Waals surface area contributed by atoms with Crippen LogP contribution in [-0.2, 0) is 4.79 Å². The number of aliphatic hydroxyl groups is 1. The molecule has 1 aliphatic rings. The minimum atomic E-state index is -0.458. The van der Waals surface area contributed by atoms with Crippen molar-refractivity contribution in [2.75, 3.05) is 25.1 Å². The van der Waals surface area contributed by atoms with Gasteiger partial charge in [0.25, 0.3) is 11.1 Å². The third kappa shape index (κ3) is 3.47. The molecule has 1 aromatic heterocycles. The summed E-state index contributed by atoms with van der Waals surface area (Å²) in [6.45, 7) is 0.360. The highest BCUT2D eigenvalue weighted by Gasteiger charge is 2.25. The van der Waals surface area contributed by atoms with Crippen molar-refractivity contribution in [2.45, 2.75) is 0 Å². The number of carbonyl (C=O) groups excluding carboxylic acids is 2. The summed E-state index contributed by atoms with van der Waals surface area (Å²) < 4.78 is 0. The fourth-order valence-electron chi connectivity index (χ4n) is 1.51. The highest BCUT2D eigenvalue weighted by Crippen LogP contribution is 2.26. The number of anilines is 1. The molecule has 106 valence electrons. The summed E-state index contributed by atoms with van der Waals surface area (Å²) >= 11 is 6.63. The summed E-state index contributed by atoms with van der Waals surface area (Å²) in [5.74, 6) is 0.0561. The lowest BCUT2D eigenvalue weighted by molar-refractivity contribution is -0.115. The van der Waals surface area contributed by atoms with Crippen molar-refractivity contribution in [3.8, 4) is 0 Å². The molecule has 0 aliphatic carbocycles. The minimum absolute atomic E-state index is 0.0221. The van der Waals surface area contributed by atoms with Crippen molar-refractivity contribution in [2.24, 2.45) is 0 Å². The number of carbonyl (C=O) groups is 2. The number of hydrogen-bond acceptors (Lipinski definition) is 7. The molecule has 2 N–H and O–H groups in total. The van der Waals surface area contributed by atoms with Gasteiger partial charge >= 0.3 is 0 Å². The lowest BCUT2D eigenvalue weighted by Crippen LogP contribution is -2.22. The molecule has 0 bridgehead atoms. The number of aliphatic hydroxyl groups excluding tert-OH is 1. The molecule has 9 heteroatoms. The maximum atomic E-state index is 11.5. The number of aromatic nitrogens is 2. The van der Waals surface area contributed by atoms with Crippen LogP contribution in [0.5, 0.6) is 0 Å². The van der Waals surface area contributed by atoms with Crippen LogP contribution in [0.4, 0.5) is 10.6 Å². The monoisotopic (exact) mass is 314 g/mol. The first-order valence-corrected chi connectivity index (χ1v) is 6.80. The van der Waals surface area contributed by atoms with Gasteiger partial charge in [-0.3, -0.25) is 14.9 Å². The molecule has 0 unspecified atom stereocenters. The Hall–Kier alpha value is -1.64. The van der Waals surface area contributed by atoms with Crippen LogP contribution >= 0.6 is 23.4 Å². The van der Waals surface area contributed by atoms with E-state index in [2.05, 4.69) is 15.3 Å². The topological polar surface area (TPSA) is 95.4 Å². The van der Waals surface area contributed by atoms with Crippen molar-refractivity contribution in [1.29, 1.82) is 0 Å². The van der Waals surface area contributed by atoms with Crippen LogP contribution in [0.3, 0.4) is 0 Å². The SMILES string of the molecule is CN(CCO)c1cc(/C=C2\SC(=O)NC2=O)nc(Cl)n1. The maximum Gasteiger partial charge on any atom is 0.290 e. The Bertz CT molecular complexity index is 593. The standard InChI is InChI=1S/C11H11ClN4O3S/c1-16(2-3-17)8-5-6(13-10(12)14-8)4-7-9(18)15-11(19)20-7/h4-5,17H,2-3H2,1H3,(H,15,18,19)/b7-4-. The molecule has 1 saturated heterocycles. The van der Waals surface area contributed by atoms with Crippen molar-refractivity contribution in [3.05, 3.63) is 21.9 Å². The van der Waals surface area contributed by atoms with E-state index in [9.17, 15) is 9.59 Å². The van der Waals surface area contributed by atoms with Crippen LogP contribution in [0.15, 0.2) is 11.0 Å². The number of hydrogen-bond donors (Lipinski definition) is 2. The average molecular weight is 315 g/mol. The molecule has 2 amide bonds. The second-order valence-electron chi connectivity index (χ2n) is 3.92. The van der Waals surface area contributed by atoms with E-state index in [1.54, 1.807) is 18.0 Å². The Kier molecular flexibility index (Phi) is 4.58. The second-order valence-corrected chi connectivity index (χ2v) is 5.27. The van der Waals surface area contributed by atoms with Gasteiger partial charge in [-0.15, -0.1) is 0 Å². The number of halogens is 1. The van der Waals surface area contributed by atoms with Gasteiger partial charge in [-0.2, -0.15) is 0 Å². The Morgan fingerprint density at radius 2 is 2.25 bits per heavy atom. The number of thioether (sulfide) groups is 1. The second kappa shape index (κ2) is 6.21. The van der Waals surface area contributed by atoms with Crippen molar-refractivity contribution in [1.82, 2.24) is 15.3 Å². The molecule has 7 nitrogen and oxygen atoms in total. The first-order valence-electron chi connectivity index (χ1n) is 5.61. The zero-order valence-corrected chi connectivity index (χ0v) is 12.0. The van der Waals surface area contributed by atoms with Crippen LogP contribution in [0, 0.1) is 0 Å².